The van der Waals surface area contributed by atoms with Gasteiger partial charge in [-0.1, -0.05) is 35.4 Å². The first-order valence-electron chi connectivity index (χ1n) is 5.28. The van der Waals surface area contributed by atoms with E-state index in [4.69, 9.17) is 27.9 Å². The Morgan fingerprint density at radius 3 is 2.06 bits per heavy atom. The fourth-order valence-electron chi connectivity index (χ4n) is 0.930. The zero-order valence-corrected chi connectivity index (χ0v) is 11.8. The molecule has 0 aromatic rings. The molecule has 0 radical (unpaired) electrons. The van der Waals surface area contributed by atoms with Crippen LogP contribution in [0.25, 0.3) is 0 Å². The second kappa shape index (κ2) is 9.33. The summed E-state index contributed by atoms with van der Waals surface area (Å²) in [6, 6.07) is 0. The molecule has 0 aliphatic rings. The van der Waals surface area contributed by atoms with Gasteiger partial charge in [0, 0.05) is 23.2 Å². The molecule has 0 atom stereocenters. The summed E-state index contributed by atoms with van der Waals surface area (Å²) < 4.78 is 4.79. The average molecular weight is 281 g/mol. The van der Waals surface area contributed by atoms with Gasteiger partial charge in [0.25, 0.3) is 0 Å². The van der Waals surface area contributed by atoms with Gasteiger partial charge in [-0.2, -0.15) is 0 Å². The molecule has 1 amide bonds. The van der Waals surface area contributed by atoms with Crippen molar-refractivity contribution in [1.82, 2.24) is 10.4 Å². The van der Waals surface area contributed by atoms with Crippen molar-refractivity contribution in [1.29, 1.82) is 0 Å². The van der Waals surface area contributed by atoms with Crippen molar-refractivity contribution in [3.63, 3.8) is 0 Å². The molecule has 17 heavy (non-hydrogen) atoms. The topological polar surface area (TPSA) is 41.6 Å². The second-order valence-electron chi connectivity index (χ2n) is 3.32. The van der Waals surface area contributed by atoms with Crippen LogP contribution in [0.4, 0.5) is 4.79 Å². The minimum atomic E-state index is -0.492. The molecule has 0 aliphatic carbocycles. The molecule has 0 spiro atoms. The summed E-state index contributed by atoms with van der Waals surface area (Å²) in [5.74, 6) is 0. The predicted octanol–water partition coefficient (Wildman–Crippen LogP) is 3.23. The maximum absolute atomic E-state index is 11.3. The number of carbonyl (C=O) groups is 1. The normalized spacial score (nSPS) is 12.8. The molecule has 1 N–H and O–H groups in total. The number of rotatable bonds is 6. The lowest BCUT2D eigenvalue weighted by atomic mass is 10.4. The van der Waals surface area contributed by atoms with E-state index < -0.39 is 6.09 Å². The van der Waals surface area contributed by atoms with Gasteiger partial charge >= 0.3 is 6.09 Å². The number of allylic oxidation sites excluding steroid dienone is 2. The van der Waals surface area contributed by atoms with Crippen LogP contribution in [0.3, 0.4) is 0 Å². The van der Waals surface area contributed by atoms with Crippen LogP contribution >= 0.6 is 23.2 Å². The summed E-state index contributed by atoms with van der Waals surface area (Å²) in [5, 5.41) is 2.97. The number of ether oxygens (including phenoxy) is 1. The number of hydrogen-bond donors (Lipinski definition) is 1. The van der Waals surface area contributed by atoms with Crippen molar-refractivity contribution in [2.45, 2.75) is 20.8 Å². The van der Waals surface area contributed by atoms with Gasteiger partial charge in [-0.25, -0.2) is 9.80 Å². The zero-order chi connectivity index (χ0) is 13.3. The largest absolute Gasteiger partial charge is 0.449 e. The van der Waals surface area contributed by atoms with Crippen molar-refractivity contribution in [3.8, 4) is 0 Å². The first-order valence-corrected chi connectivity index (χ1v) is 6.04. The number of nitrogens with zero attached hydrogens (tertiary/aromatic N) is 1. The first-order chi connectivity index (χ1) is 7.95. The Balaban J connectivity index is 4.34. The van der Waals surface area contributed by atoms with Gasteiger partial charge in [-0.15, -0.1) is 0 Å². The van der Waals surface area contributed by atoms with Gasteiger partial charge in [-0.05, 0) is 20.8 Å². The molecule has 0 aliphatic heterocycles. The lowest BCUT2D eigenvalue weighted by molar-refractivity contribution is 0.118. The molecule has 0 rings (SSSR count). The molecule has 4 nitrogen and oxygen atoms in total. The van der Waals surface area contributed by atoms with Gasteiger partial charge in [0.1, 0.15) is 0 Å². The highest BCUT2D eigenvalue weighted by molar-refractivity contribution is 6.29. The third kappa shape index (κ3) is 10.2. The minimum Gasteiger partial charge on any atom is -0.449 e. The van der Waals surface area contributed by atoms with Gasteiger partial charge in [0.15, 0.2) is 0 Å². The molecular formula is C11H18Cl2N2O2. The van der Waals surface area contributed by atoms with Crippen molar-refractivity contribution in [2.24, 2.45) is 0 Å². The third-order valence-electron chi connectivity index (χ3n) is 1.71. The van der Waals surface area contributed by atoms with Crippen LogP contribution in [0.1, 0.15) is 20.8 Å². The summed E-state index contributed by atoms with van der Waals surface area (Å²) in [4.78, 5) is 11.3. The third-order valence-corrected chi connectivity index (χ3v) is 2.02. The quantitative estimate of drug-likeness (QED) is 0.760. The minimum absolute atomic E-state index is 0.328. The van der Waals surface area contributed by atoms with E-state index in [1.165, 1.54) is 0 Å². The molecule has 0 fully saturated rings. The maximum atomic E-state index is 11.3. The molecule has 0 aromatic heterocycles. The second-order valence-corrected chi connectivity index (χ2v) is 4.51. The van der Waals surface area contributed by atoms with E-state index in [0.717, 1.165) is 0 Å². The van der Waals surface area contributed by atoms with E-state index in [2.05, 4.69) is 5.43 Å². The van der Waals surface area contributed by atoms with Crippen LogP contribution < -0.4 is 5.43 Å². The van der Waals surface area contributed by atoms with Crippen LogP contribution in [0, 0.1) is 0 Å². The molecular weight excluding hydrogens is 263 g/mol. The molecule has 0 unspecified atom stereocenters. The number of hydrogen-bond acceptors (Lipinski definition) is 3. The number of amides is 1. The van der Waals surface area contributed by atoms with Crippen LogP contribution in [0.15, 0.2) is 22.2 Å². The molecule has 0 saturated heterocycles. The van der Waals surface area contributed by atoms with E-state index in [1.54, 1.807) is 37.9 Å². The predicted molar refractivity (Wildman–Crippen MR) is 71.0 cm³/mol. The summed E-state index contributed by atoms with van der Waals surface area (Å²) in [7, 11) is 0. The Hall–Kier alpha value is -0.710. The molecule has 98 valence electrons. The van der Waals surface area contributed by atoms with Gasteiger partial charge in [0.2, 0.25) is 0 Å². The molecule has 0 bridgehead atoms. The van der Waals surface area contributed by atoms with E-state index in [9.17, 15) is 4.79 Å². The van der Waals surface area contributed by atoms with Crippen molar-refractivity contribution in [2.75, 3.05) is 19.7 Å². The van der Waals surface area contributed by atoms with E-state index in [1.807, 2.05) is 0 Å². The van der Waals surface area contributed by atoms with Gasteiger partial charge in [0.05, 0.1) is 6.61 Å². The first kappa shape index (κ1) is 16.3. The van der Waals surface area contributed by atoms with Crippen LogP contribution in [0.5, 0.6) is 0 Å². The van der Waals surface area contributed by atoms with E-state index in [0.29, 0.717) is 29.8 Å². The SMILES string of the molecule is CCOC(=O)NN(C/C=C(/C)Cl)C/C=C(/C)Cl. The zero-order valence-electron chi connectivity index (χ0n) is 10.3. The highest BCUT2D eigenvalue weighted by Gasteiger charge is 2.07. The fraction of sp³-hybridized carbons (Fsp3) is 0.545. The van der Waals surface area contributed by atoms with E-state index in [-0.39, 0.29) is 0 Å². The number of nitrogens with one attached hydrogen (secondary N) is 1. The number of halogens is 2. The summed E-state index contributed by atoms with van der Waals surface area (Å²) in [6.45, 7) is 6.58. The van der Waals surface area contributed by atoms with Crippen molar-refractivity contribution in [3.05, 3.63) is 22.2 Å². The van der Waals surface area contributed by atoms with Crippen molar-refractivity contribution >= 4 is 29.3 Å². The van der Waals surface area contributed by atoms with Gasteiger partial charge in [-0.3, -0.25) is 5.43 Å². The Morgan fingerprint density at radius 2 is 1.71 bits per heavy atom. The number of carbonyl (C=O) groups excluding carboxylic acids is 1. The summed E-state index contributed by atoms with van der Waals surface area (Å²) >= 11 is 11.5. The van der Waals surface area contributed by atoms with Crippen LogP contribution in [0.2, 0.25) is 0 Å². The van der Waals surface area contributed by atoms with Crippen molar-refractivity contribution < 1.29 is 9.53 Å². The summed E-state index contributed by atoms with van der Waals surface area (Å²) in [5.41, 5.74) is 2.59. The lowest BCUT2D eigenvalue weighted by Gasteiger charge is -2.19. The Labute approximate surface area is 112 Å². The summed E-state index contributed by atoms with van der Waals surface area (Å²) in [6.07, 6.45) is 3.07. The average Bonchev–Trinajstić information content (AvgIpc) is 2.22. The van der Waals surface area contributed by atoms with Gasteiger partial charge < -0.3 is 4.74 Å². The Morgan fingerprint density at radius 1 is 1.24 bits per heavy atom. The standard InChI is InChI=1S/C11H18Cl2N2O2/c1-4-17-11(16)14-15(7-5-9(2)12)8-6-10(3)13/h5-6H,4,7-8H2,1-3H3,(H,14,16)/b9-5-,10-6-. The highest BCUT2D eigenvalue weighted by atomic mass is 35.5. The molecule has 0 heterocycles. The lowest BCUT2D eigenvalue weighted by Crippen LogP contribution is -2.42. The number of hydrazine groups is 1. The monoisotopic (exact) mass is 280 g/mol. The Bertz CT molecular complexity index is 276. The molecule has 6 heteroatoms. The van der Waals surface area contributed by atoms with Crippen LogP contribution in [-0.4, -0.2) is 30.8 Å². The fourth-order valence-corrected chi connectivity index (χ4v) is 1.07. The molecule has 0 aromatic carbocycles. The van der Waals surface area contributed by atoms with E-state index >= 15 is 0 Å². The Kier molecular flexibility index (Phi) is 8.94. The smallest absolute Gasteiger partial charge is 0.421 e. The highest BCUT2D eigenvalue weighted by Crippen LogP contribution is 2.01. The maximum Gasteiger partial charge on any atom is 0.421 e. The van der Waals surface area contributed by atoms with Crippen LogP contribution in [-0.2, 0) is 4.74 Å². The molecule has 0 saturated carbocycles.